The molecule has 6 atom stereocenters. The first kappa shape index (κ1) is 17.0. The van der Waals surface area contributed by atoms with Gasteiger partial charge in [-0.25, -0.2) is 0 Å². The molecule has 2 saturated heterocycles. The molecular weight excluding hydrogens is 340 g/mol. The quantitative estimate of drug-likeness (QED) is 0.402. The Bertz CT molecular complexity index is 761. The SMILES string of the molecule is C#C[C@]1(OC)CC[C@H]2[C@@H]3CC[C@@]45CC6(CC[C@@]4(O5)C3=CCC21C)OCCO6. The van der Waals surface area contributed by atoms with Crippen LogP contribution in [0.2, 0.25) is 0 Å². The third-order valence-electron chi connectivity index (χ3n) is 9.38. The molecular formula is C23H30O4. The van der Waals surface area contributed by atoms with E-state index in [1.165, 1.54) is 6.42 Å². The number of hydrogen-bond donors (Lipinski definition) is 0. The van der Waals surface area contributed by atoms with Crippen LogP contribution in [0.25, 0.3) is 0 Å². The van der Waals surface area contributed by atoms with Crippen molar-refractivity contribution in [3.05, 3.63) is 11.6 Å². The molecule has 1 spiro atoms. The monoisotopic (exact) mass is 370 g/mol. The summed E-state index contributed by atoms with van der Waals surface area (Å²) in [6, 6.07) is 0. The lowest BCUT2D eigenvalue weighted by Crippen LogP contribution is -2.54. The largest absolute Gasteiger partial charge is 0.365 e. The van der Waals surface area contributed by atoms with Crippen LogP contribution < -0.4 is 0 Å². The maximum absolute atomic E-state index is 6.66. The van der Waals surface area contributed by atoms with Gasteiger partial charge in [0.1, 0.15) is 16.8 Å². The zero-order valence-corrected chi connectivity index (χ0v) is 16.5. The van der Waals surface area contributed by atoms with E-state index in [0.29, 0.717) is 11.8 Å². The van der Waals surface area contributed by atoms with E-state index in [-0.39, 0.29) is 22.4 Å². The van der Waals surface area contributed by atoms with Crippen LogP contribution in [0, 0.1) is 29.6 Å². The first-order valence-electron chi connectivity index (χ1n) is 10.7. The van der Waals surface area contributed by atoms with Crippen molar-refractivity contribution in [1.29, 1.82) is 0 Å². The number of fused-ring (bicyclic) bond motifs is 3. The molecule has 0 amide bonds. The van der Waals surface area contributed by atoms with Gasteiger partial charge in [0.25, 0.3) is 0 Å². The molecule has 0 N–H and O–H groups in total. The van der Waals surface area contributed by atoms with Crippen LogP contribution in [0.3, 0.4) is 0 Å². The van der Waals surface area contributed by atoms with Crippen molar-refractivity contribution in [2.24, 2.45) is 17.3 Å². The molecule has 1 unspecified atom stereocenters. The van der Waals surface area contributed by atoms with Gasteiger partial charge in [-0.3, -0.25) is 0 Å². The second-order valence-corrected chi connectivity index (χ2v) is 9.95. The Balaban J connectivity index is 1.36. The van der Waals surface area contributed by atoms with Gasteiger partial charge in [-0.1, -0.05) is 18.9 Å². The van der Waals surface area contributed by atoms with Crippen molar-refractivity contribution in [3.8, 4) is 12.3 Å². The van der Waals surface area contributed by atoms with Crippen LogP contribution in [0.1, 0.15) is 58.3 Å². The van der Waals surface area contributed by atoms with Crippen LogP contribution in [0.4, 0.5) is 0 Å². The summed E-state index contributed by atoms with van der Waals surface area (Å²) in [7, 11) is 1.80. The van der Waals surface area contributed by atoms with Crippen LogP contribution >= 0.6 is 0 Å². The second kappa shape index (κ2) is 5.00. The molecule has 5 fully saturated rings. The molecule has 4 nitrogen and oxygen atoms in total. The smallest absolute Gasteiger partial charge is 0.171 e. The lowest BCUT2D eigenvalue weighted by Gasteiger charge is -2.51. The van der Waals surface area contributed by atoms with E-state index < -0.39 is 5.60 Å². The third kappa shape index (κ3) is 1.77. The Morgan fingerprint density at radius 2 is 1.96 bits per heavy atom. The predicted octanol–water partition coefficient (Wildman–Crippen LogP) is 3.60. The summed E-state index contributed by atoms with van der Waals surface area (Å²) in [4.78, 5) is 0. The Kier molecular flexibility index (Phi) is 3.15. The fourth-order valence-electron chi connectivity index (χ4n) is 7.96. The fraction of sp³-hybridized carbons (Fsp3) is 0.826. The summed E-state index contributed by atoms with van der Waals surface area (Å²) in [5.41, 5.74) is 1.09. The molecule has 0 aromatic rings. The normalized spacial score (nSPS) is 54.3. The minimum atomic E-state index is -0.418. The first-order chi connectivity index (χ1) is 13.0. The van der Waals surface area contributed by atoms with Gasteiger partial charge in [-0.15, -0.1) is 6.42 Å². The lowest BCUT2D eigenvalue weighted by molar-refractivity contribution is -0.185. The average molecular weight is 370 g/mol. The molecule has 0 bridgehead atoms. The van der Waals surface area contributed by atoms with Crippen molar-refractivity contribution < 1.29 is 18.9 Å². The molecule has 0 radical (unpaired) electrons. The van der Waals surface area contributed by atoms with Crippen molar-refractivity contribution in [3.63, 3.8) is 0 Å². The molecule has 3 saturated carbocycles. The second-order valence-electron chi connectivity index (χ2n) is 9.95. The van der Waals surface area contributed by atoms with Crippen molar-refractivity contribution in [2.75, 3.05) is 20.3 Å². The highest BCUT2D eigenvalue weighted by Crippen LogP contribution is 2.74. The van der Waals surface area contributed by atoms with Gasteiger partial charge in [0.15, 0.2) is 5.79 Å². The van der Waals surface area contributed by atoms with Gasteiger partial charge < -0.3 is 18.9 Å². The summed E-state index contributed by atoms with van der Waals surface area (Å²) in [6.07, 6.45) is 16.8. The minimum absolute atomic E-state index is 0.0315. The van der Waals surface area contributed by atoms with Crippen molar-refractivity contribution in [1.82, 2.24) is 0 Å². The molecule has 4 heteroatoms. The number of epoxide rings is 1. The van der Waals surface area contributed by atoms with E-state index in [2.05, 4.69) is 18.9 Å². The summed E-state index contributed by atoms with van der Waals surface area (Å²) in [6.45, 7) is 3.81. The van der Waals surface area contributed by atoms with Gasteiger partial charge >= 0.3 is 0 Å². The molecule has 6 rings (SSSR count). The number of rotatable bonds is 1. The van der Waals surface area contributed by atoms with Crippen LogP contribution in [-0.4, -0.2) is 42.9 Å². The maximum Gasteiger partial charge on any atom is 0.171 e. The van der Waals surface area contributed by atoms with E-state index in [4.69, 9.17) is 25.4 Å². The number of methoxy groups -OCH3 is 1. The zero-order valence-electron chi connectivity index (χ0n) is 16.5. The summed E-state index contributed by atoms with van der Waals surface area (Å²) < 4.78 is 24.7. The van der Waals surface area contributed by atoms with Crippen LogP contribution in [-0.2, 0) is 18.9 Å². The predicted molar refractivity (Wildman–Crippen MR) is 99.9 cm³/mol. The Morgan fingerprint density at radius 1 is 1.15 bits per heavy atom. The van der Waals surface area contributed by atoms with Crippen LogP contribution in [0.5, 0.6) is 0 Å². The topological polar surface area (TPSA) is 40.2 Å². The molecule has 4 aliphatic carbocycles. The average Bonchev–Trinajstić information content (AvgIpc) is 2.97. The highest BCUT2D eigenvalue weighted by molar-refractivity contribution is 5.44. The Morgan fingerprint density at radius 3 is 2.70 bits per heavy atom. The molecule has 0 aromatic heterocycles. The maximum atomic E-state index is 6.66. The van der Waals surface area contributed by atoms with Gasteiger partial charge in [-0.2, -0.15) is 0 Å². The minimum Gasteiger partial charge on any atom is -0.365 e. The lowest BCUT2D eigenvalue weighted by atomic mass is 9.53. The van der Waals surface area contributed by atoms with Crippen molar-refractivity contribution in [2.45, 2.75) is 80.9 Å². The number of terminal acetylenes is 1. The van der Waals surface area contributed by atoms with Gasteiger partial charge in [0.2, 0.25) is 0 Å². The molecule has 146 valence electrons. The molecule has 27 heavy (non-hydrogen) atoms. The van der Waals surface area contributed by atoms with E-state index in [0.717, 1.165) is 58.2 Å². The molecule has 2 aliphatic heterocycles. The molecule has 6 aliphatic rings. The van der Waals surface area contributed by atoms with Crippen molar-refractivity contribution >= 4 is 0 Å². The van der Waals surface area contributed by atoms with Gasteiger partial charge in [0.05, 0.1) is 13.2 Å². The van der Waals surface area contributed by atoms with E-state index in [1.54, 1.807) is 12.7 Å². The molecule has 0 aromatic carbocycles. The third-order valence-corrected chi connectivity index (χ3v) is 9.38. The van der Waals surface area contributed by atoms with Gasteiger partial charge in [-0.05, 0) is 55.9 Å². The standard InChI is InChI=1S/C23H30O4/c1-4-20(24-3)10-7-17-16-5-9-21-15-22(25-13-14-26-22)11-12-23(21,27-21)18(16)6-8-19(17,20)2/h1,6,16-17H,5,7-15H2,2-3H3/t16-,17-,19?,20-,21+,23+/m0/s1. The highest BCUT2D eigenvalue weighted by Gasteiger charge is 2.79. The summed E-state index contributed by atoms with van der Waals surface area (Å²) in [5.74, 6) is 3.86. The fourth-order valence-corrected chi connectivity index (χ4v) is 7.96. The Hall–Kier alpha value is -0.860. The van der Waals surface area contributed by atoms with E-state index in [1.807, 2.05) is 0 Å². The summed E-state index contributed by atoms with van der Waals surface area (Å²) >= 11 is 0. The zero-order chi connectivity index (χ0) is 18.5. The van der Waals surface area contributed by atoms with Gasteiger partial charge in [0, 0.05) is 25.4 Å². The van der Waals surface area contributed by atoms with Crippen LogP contribution in [0.15, 0.2) is 11.6 Å². The molecule has 2 heterocycles. The number of hydrogen-bond acceptors (Lipinski definition) is 4. The number of allylic oxidation sites excluding steroid dienone is 1. The number of ether oxygens (including phenoxy) is 4. The van der Waals surface area contributed by atoms with E-state index >= 15 is 0 Å². The Labute approximate surface area is 161 Å². The first-order valence-corrected chi connectivity index (χ1v) is 10.7. The van der Waals surface area contributed by atoms with E-state index in [9.17, 15) is 0 Å². The highest BCUT2D eigenvalue weighted by atomic mass is 16.7. The summed E-state index contributed by atoms with van der Waals surface area (Å²) in [5, 5.41) is 0.